The molecule has 2 aliphatic rings. The van der Waals surface area contributed by atoms with Crippen LogP contribution in [-0.2, 0) is 22.7 Å². The number of carbonyl (C=O) groups excluding carboxylic acids is 2. The summed E-state index contributed by atoms with van der Waals surface area (Å²) in [6.45, 7) is 1.70. The summed E-state index contributed by atoms with van der Waals surface area (Å²) in [7, 11) is 0. The normalized spacial score (nSPS) is 18.1. The molecule has 4 rings (SSSR count). The first kappa shape index (κ1) is 22.6. The van der Waals surface area contributed by atoms with Crippen LogP contribution in [-0.4, -0.2) is 45.1 Å². The van der Waals surface area contributed by atoms with E-state index >= 15 is 0 Å². The van der Waals surface area contributed by atoms with Crippen LogP contribution in [0.1, 0.15) is 48.6 Å². The van der Waals surface area contributed by atoms with E-state index in [0.717, 1.165) is 33.3 Å². The number of halogens is 3. The van der Waals surface area contributed by atoms with Gasteiger partial charge in [-0.2, -0.15) is 13.2 Å². The van der Waals surface area contributed by atoms with E-state index in [4.69, 9.17) is 0 Å². The second-order valence-corrected chi connectivity index (χ2v) is 9.31. The summed E-state index contributed by atoms with van der Waals surface area (Å²) < 4.78 is 41.1. The highest BCUT2D eigenvalue weighted by molar-refractivity contribution is 7.18. The van der Waals surface area contributed by atoms with E-state index in [1.807, 2.05) is 0 Å². The van der Waals surface area contributed by atoms with Gasteiger partial charge >= 0.3 is 23.7 Å². The Labute approximate surface area is 184 Å². The van der Waals surface area contributed by atoms with Crippen LogP contribution >= 0.6 is 11.3 Å². The topological polar surface area (TPSA) is 93.4 Å². The van der Waals surface area contributed by atoms with Crippen molar-refractivity contribution in [3.05, 3.63) is 31.3 Å². The van der Waals surface area contributed by atoms with E-state index in [1.165, 1.54) is 4.90 Å². The molecule has 1 aliphatic heterocycles. The van der Waals surface area contributed by atoms with Gasteiger partial charge in [0.15, 0.2) is 0 Å². The standard InChI is InChI=1S/C20H23F3N4O4S/c1-11-13(10-25-9-7-24-15(28)17(25)30)32-18-14(11)16(29)27(12-4-2-3-5-12)19(31)26(18)8-6-20(21,22)23/h12H,2-10H2,1H3,(H,24,28). The fraction of sp³-hybridized carbons (Fsp3) is 0.600. The molecule has 2 amide bonds. The molecule has 1 aliphatic carbocycles. The third-order valence-corrected chi connectivity index (χ3v) is 7.43. The van der Waals surface area contributed by atoms with Crippen molar-refractivity contribution in [1.29, 1.82) is 0 Å². The van der Waals surface area contributed by atoms with Gasteiger partial charge in [-0.3, -0.25) is 23.5 Å². The molecule has 1 N–H and O–H groups in total. The summed E-state index contributed by atoms with van der Waals surface area (Å²) in [6.07, 6.45) is -2.68. The van der Waals surface area contributed by atoms with Gasteiger partial charge < -0.3 is 10.2 Å². The monoisotopic (exact) mass is 472 g/mol. The number of aryl methyl sites for hydroxylation is 2. The maximum atomic E-state index is 13.3. The van der Waals surface area contributed by atoms with Crippen LogP contribution in [0.4, 0.5) is 13.2 Å². The zero-order chi connectivity index (χ0) is 23.2. The second-order valence-electron chi connectivity index (χ2n) is 8.23. The number of rotatable bonds is 5. The molecule has 3 heterocycles. The molecule has 174 valence electrons. The van der Waals surface area contributed by atoms with Crippen molar-refractivity contribution in [3.8, 4) is 0 Å². The molecule has 2 aromatic heterocycles. The number of nitrogens with one attached hydrogen (secondary N) is 1. The minimum absolute atomic E-state index is 0.0494. The Bertz CT molecular complexity index is 1190. The smallest absolute Gasteiger partial charge is 0.346 e. The van der Waals surface area contributed by atoms with Crippen molar-refractivity contribution in [2.75, 3.05) is 13.1 Å². The van der Waals surface area contributed by atoms with Gasteiger partial charge in [0.1, 0.15) is 4.83 Å². The molecular formula is C20H23F3N4O4S. The summed E-state index contributed by atoms with van der Waals surface area (Å²) in [4.78, 5) is 52.4. The van der Waals surface area contributed by atoms with Crippen molar-refractivity contribution in [2.45, 2.75) is 64.3 Å². The first-order valence-electron chi connectivity index (χ1n) is 10.5. The van der Waals surface area contributed by atoms with Crippen molar-refractivity contribution in [1.82, 2.24) is 19.4 Å². The van der Waals surface area contributed by atoms with Crippen molar-refractivity contribution in [3.63, 3.8) is 0 Å². The Morgan fingerprint density at radius 1 is 1.12 bits per heavy atom. The van der Waals surface area contributed by atoms with Crippen molar-refractivity contribution < 1.29 is 22.8 Å². The van der Waals surface area contributed by atoms with Crippen molar-refractivity contribution in [2.24, 2.45) is 0 Å². The fourth-order valence-corrected chi connectivity index (χ4v) is 5.76. The largest absolute Gasteiger partial charge is 0.390 e. The SMILES string of the molecule is Cc1c(CN2CCNC(=O)C2=O)sc2c1c(=O)n(C1CCCC1)c(=O)n2CCC(F)(F)F. The highest BCUT2D eigenvalue weighted by Crippen LogP contribution is 2.32. The predicted molar refractivity (Wildman–Crippen MR) is 112 cm³/mol. The van der Waals surface area contributed by atoms with Crippen LogP contribution in [0.25, 0.3) is 10.2 Å². The molecule has 0 spiro atoms. The van der Waals surface area contributed by atoms with Gasteiger partial charge in [0.2, 0.25) is 0 Å². The highest BCUT2D eigenvalue weighted by Gasteiger charge is 2.31. The van der Waals surface area contributed by atoms with E-state index in [0.29, 0.717) is 29.8 Å². The van der Waals surface area contributed by atoms with E-state index in [9.17, 15) is 32.3 Å². The Kier molecular flexibility index (Phi) is 5.91. The predicted octanol–water partition coefficient (Wildman–Crippen LogP) is 2.06. The number of alkyl halides is 3. The minimum Gasteiger partial charge on any atom is -0.346 e. The summed E-state index contributed by atoms with van der Waals surface area (Å²) in [5.74, 6) is -1.42. The summed E-state index contributed by atoms with van der Waals surface area (Å²) in [5, 5.41) is 2.67. The van der Waals surface area contributed by atoms with Gasteiger partial charge in [0.25, 0.3) is 5.56 Å². The van der Waals surface area contributed by atoms with Crippen LogP contribution in [0.2, 0.25) is 0 Å². The molecule has 0 unspecified atom stereocenters. The van der Waals surface area contributed by atoms with Gasteiger partial charge in [-0.05, 0) is 25.3 Å². The number of amides is 2. The highest BCUT2D eigenvalue weighted by atomic mass is 32.1. The molecule has 0 aromatic carbocycles. The number of carbonyl (C=O) groups is 2. The third-order valence-electron chi connectivity index (χ3n) is 6.13. The summed E-state index contributed by atoms with van der Waals surface area (Å²) in [6, 6.07) is -0.327. The Morgan fingerprint density at radius 2 is 1.81 bits per heavy atom. The minimum atomic E-state index is -4.46. The second kappa shape index (κ2) is 8.38. The van der Waals surface area contributed by atoms with Gasteiger partial charge in [0, 0.05) is 30.6 Å². The van der Waals surface area contributed by atoms with Crippen LogP contribution < -0.4 is 16.6 Å². The maximum Gasteiger partial charge on any atom is 0.390 e. The summed E-state index contributed by atoms with van der Waals surface area (Å²) >= 11 is 1.03. The molecule has 0 atom stereocenters. The van der Waals surface area contributed by atoms with Crippen LogP contribution in [0.5, 0.6) is 0 Å². The van der Waals surface area contributed by atoms with E-state index < -0.39 is 42.2 Å². The van der Waals surface area contributed by atoms with Gasteiger partial charge in [-0.15, -0.1) is 11.3 Å². The maximum absolute atomic E-state index is 13.3. The molecular weight excluding hydrogens is 449 g/mol. The molecule has 1 saturated heterocycles. The first-order valence-corrected chi connectivity index (χ1v) is 11.3. The van der Waals surface area contributed by atoms with E-state index in [2.05, 4.69) is 5.32 Å². The van der Waals surface area contributed by atoms with E-state index in [1.54, 1.807) is 6.92 Å². The molecule has 32 heavy (non-hydrogen) atoms. The van der Waals surface area contributed by atoms with E-state index in [-0.39, 0.29) is 29.3 Å². The average molecular weight is 472 g/mol. The molecule has 12 heteroatoms. The number of thiophene rings is 1. The average Bonchev–Trinajstić information content (AvgIpc) is 3.33. The van der Waals surface area contributed by atoms with Gasteiger partial charge in [-0.25, -0.2) is 4.79 Å². The lowest BCUT2D eigenvalue weighted by molar-refractivity contribution is -0.148. The molecule has 2 aromatic rings. The molecule has 1 saturated carbocycles. The number of aromatic nitrogens is 2. The van der Waals surface area contributed by atoms with Crippen molar-refractivity contribution >= 4 is 33.4 Å². The number of nitrogens with zero attached hydrogens (tertiary/aromatic N) is 3. The van der Waals surface area contributed by atoms with Gasteiger partial charge in [-0.1, -0.05) is 12.8 Å². The molecule has 8 nitrogen and oxygen atoms in total. The zero-order valence-corrected chi connectivity index (χ0v) is 18.3. The third kappa shape index (κ3) is 4.07. The molecule has 0 bridgehead atoms. The number of piperazine rings is 1. The zero-order valence-electron chi connectivity index (χ0n) is 17.5. The lowest BCUT2D eigenvalue weighted by Crippen LogP contribution is -2.51. The lowest BCUT2D eigenvalue weighted by Gasteiger charge is -2.26. The quantitative estimate of drug-likeness (QED) is 0.675. The fourth-order valence-electron chi connectivity index (χ4n) is 4.43. The summed E-state index contributed by atoms with van der Waals surface area (Å²) in [5.41, 5.74) is -0.691. The Hall–Kier alpha value is -2.63. The molecule has 0 radical (unpaired) electrons. The lowest BCUT2D eigenvalue weighted by atomic mass is 10.1. The number of fused-ring (bicyclic) bond motifs is 1. The number of hydrogen-bond donors (Lipinski definition) is 1. The Balaban J connectivity index is 1.85. The van der Waals surface area contributed by atoms with Crippen LogP contribution in [0.3, 0.4) is 0 Å². The first-order chi connectivity index (χ1) is 15.1. The Morgan fingerprint density at radius 3 is 2.47 bits per heavy atom. The van der Waals surface area contributed by atoms with Gasteiger partial charge in [0.05, 0.1) is 18.4 Å². The van der Waals surface area contributed by atoms with Crippen LogP contribution in [0, 0.1) is 6.92 Å². The number of hydrogen-bond acceptors (Lipinski definition) is 5. The van der Waals surface area contributed by atoms with Crippen LogP contribution in [0.15, 0.2) is 9.59 Å². The molecule has 2 fully saturated rings.